The second-order valence-corrected chi connectivity index (χ2v) is 5.21. The monoisotopic (exact) mass is 314 g/mol. The Morgan fingerprint density at radius 3 is 2.80 bits per heavy atom. The molecule has 5 nitrogen and oxygen atoms in total. The summed E-state index contributed by atoms with van der Waals surface area (Å²) in [6, 6.07) is 5.91. The number of rotatable bonds is 6. The topological polar surface area (TPSA) is 63.0 Å². The average Bonchev–Trinajstić information content (AvgIpc) is 2.89. The Hall–Kier alpha value is -1.30. The highest BCUT2D eigenvalue weighted by Gasteiger charge is 2.11. The minimum Gasteiger partial charge on any atom is -0.406 e. The fourth-order valence-corrected chi connectivity index (χ4v) is 2.14. The summed E-state index contributed by atoms with van der Waals surface area (Å²) in [6.45, 7) is 2.60. The van der Waals surface area contributed by atoms with Gasteiger partial charge in [0.1, 0.15) is 0 Å². The number of aromatic nitrogens is 2. The number of nitrogens with one attached hydrogen (secondary N) is 2. The number of hydrogen-bond donors (Lipinski definition) is 2. The van der Waals surface area contributed by atoms with E-state index in [2.05, 4.69) is 20.8 Å². The van der Waals surface area contributed by atoms with Gasteiger partial charge in [-0.2, -0.15) is 0 Å². The lowest BCUT2D eigenvalue weighted by Crippen LogP contribution is -2.12. The molecule has 0 spiro atoms. The van der Waals surface area contributed by atoms with Crippen LogP contribution in [0, 0.1) is 0 Å². The molecule has 1 unspecified atom stereocenters. The van der Waals surface area contributed by atoms with Crippen molar-refractivity contribution in [3.63, 3.8) is 0 Å². The summed E-state index contributed by atoms with van der Waals surface area (Å²) in [6.07, 6.45) is 0.745. The molecular weight excluding hydrogens is 299 g/mol. The van der Waals surface area contributed by atoms with E-state index in [0.717, 1.165) is 12.0 Å². The molecule has 0 aliphatic carbocycles. The highest BCUT2D eigenvalue weighted by Crippen LogP contribution is 2.21. The van der Waals surface area contributed by atoms with Crippen molar-refractivity contribution < 1.29 is 4.42 Å². The second kappa shape index (κ2) is 6.92. The van der Waals surface area contributed by atoms with Crippen LogP contribution in [0.3, 0.4) is 0 Å². The van der Waals surface area contributed by atoms with Crippen LogP contribution in [0.15, 0.2) is 22.6 Å². The molecule has 0 fully saturated rings. The van der Waals surface area contributed by atoms with Crippen molar-refractivity contribution in [3.8, 4) is 0 Å². The maximum atomic E-state index is 6.10. The zero-order chi connectivity index (χ0) is 14.5. The predicted molar refractivity (Wildman–Crippen MR) is 80.4 cm³/mol. The zero-order valence-corrected chi connectivity index (χ0v) is 12.8. The van der Waals surface area contributed by atoms with E-state index in [-0.39, 0.29) is 6.04 Å². The molecule has 0 amide bonds. The molecule has 0 radical (unpaired) electrons. The van der Waals surface area contributed by atoms with Crippen molar-refractivity contribution in [2.45, 2.75) is 19.4 Å². The molecule has 0 bridgehead atoms. The summed E-state index contributed by atoms with van der Waals surface area (Å²) in [5.74, 6) is 0.555. The van der Waals surface area contributed by atoms with Gasteiger partial charge in [-0.3, -0.25) is 0 Å². The molecular formula is C13H16Cl2N4O. The number of anilines is 1. The summed E-state index contributed by atoms with van der Waals surface area (Å²) in [5.41, 5.74) is 1.02. The summed E-state index contributed by atoms with van der Waals surface area (Å²) in [5, 5.41) is 15.3. The van der Waals surface area contributed by atoms with Gasteiger partial charge in [-0.05, 0) is 38.1 Å². The number of nitrogens with zero attached hydrogens (tertiary/aromatic N) is 2. The van der Waals surface area contributed by atoms with Crippen molar-refractivity contribution in [3.05, 3.63) is 39.7 Å². The molecule has 2 N–H and O–H groups in total. The Labute approximate surface area is 127 Å². The van der Waals surface area contributed by atoms with E-state index in [9.17, 15) is 0 Å². The zero-order valence-electron chi connectivity index (χ0n) is 11.3. The van der Waals surface area contributed by atoms with Gasteiger partial charge in [0.15, 0.2) is 0 Å². The van der Waals surface area contributed by atoms with Crippen LogP contribution < -0.4 is 10.6 Å². The second-order valence-electron chi connectivity index (χ2n) is 4.37. The Kier molecular flexibility index (Phi) is 5.23. The maximum absolute atomic E-state index is 6.10. The van der Waals surface area contributed by atoms with Crippen LogP contribution in [-0.4, -0.2) is 23.8 Å². The molecule has 1 heterocycles. The number of halogens is 2. The van der Waals surface area contributed by atoms with Crippen LogP contribution in [0.4, 0.5) is 6.01 Å². The highest BCUT2D eigenvalue weighted by atomic mass is 35.5. The molecule has 1 atom stereocenters. The third-order valence-corrected chi connectivity index (χ3v) is 3.52. The van der Waals surface area contributed by atoms with Gasteiger partial charge in [-0.25, -0.2) is 0 Å². The van der Waals surface area contributed by atoms with E-state index in [1.807, 2.05) is 26.1 Å². The fourth-order valence-electron chi connectivity index (χ4n) is 1.63. The molecule has 1 aromatic heterocycles. The van der Waals surface area contributed by atoms with Crippen molar-refractivity contribution in [2.75, 3.05) is 18.9 Å². The molecule has 7 heteroatoms. The summed E-state index contributed by atoms with van der Waals surface area (Å²) >= 11 is 12.0. The third kappa shape index (κ3) is 3.85. The van der Waals surface area contributed by atoms with Crippen molar-refractivity contribution in [1.29, 1.82) is 0 Å². The first-order chi connectivity index (χ1) is 9.60. The minimum atomic E-state index is 0.0313. The van der Waals surface area contributed by atoms with Crippen LogP contribution in [0.25, 0.3) is 0 Å². The van der Waals surface area contributed by atoms with E-state index in [4.69, 9.17) is 27.6 Å². The van der Waals surface area contributed by atoms with E-state index in [1.165, 1.54) is 0 Å². The lowest BCUT2D eigenvalue weighted by Gasteiger charge is -2.05. The summed E-state index contributed by atoms with van der Waals surface area (Å²) < 4.78 is 5.47. The Morgan fingerprint density at radius 1 is 1.30 bits per heavy atom. The quantitative estimate of drug-likeness (QED) is 0.856. The first-order valence-electron chi connectivity index (χ1n) is 6.28. The van der Waals surface area contributed by atoms with Crippen molar-refractivity contribution in [1.82, 2.24) is 15.5 Å². The molecule has 0 aliphatic heterocycles. The standard InChI is InChI=1S/C13H16Cl2N4O/c1-8(16-2)12-18-19-13(20-12)17-6-5-9-3-4-10(14)7-11(9)15/h3-4,7-8,16H,5-6H2,1-2H3,(H,17,19). The molecule has 2 rings (SSSR count). The largest absolute Gasteiger partial charge is 0.406 e. The smallest absolute Gasteiger partial charge is 0.315 e. The number of benzene rings is 1. The maximum Gasteiger partial charge on any atom is 0.315 e. The van der Waals surface area contributed by atoms with E-state index < -0.39 is 0 Å². The molecule has 0 saturated carbocycles. The summed E-state index contributed by atoms with van der Waals surface area (Å²) in [7, 11) is 1.84. The molecule has 0 aliphatic rings. The Bertz CT molecular complexity index is 573. The van der Waals surface area contributed by atoms with Gasteiger partial charge < -0.3 is 15.1 Å². The first-order valence-corrected chi connectivity index (χ1v) is 7.04. The lowest BCUT2D eigenvalue weighted by molar-refractivity contribution is 0.441. The Balaban J connectivity index is 1.88. The van der Waals surface area contributed by atoms with E-state index in [1.54, 1.807) is 6.07 Å². The van der Waals surface area contributed by atoms with Crippen LogP contribution in [0.1, 0.15) is 24.4 Å². The van der Waals surface area contributed by atoms with E-state index in [0.29, 0.717) is 28.5 Å². The number of hydrogen-bond acceptors (Lipinski definition) is 5. The van der Waals surface area contributed by atoms with Gasteiger partial charge in [-0.15, -0.1) is 5.10 Å². The average molecular weight is 315 g/mol. The first kappa shape index (κ1) is 15.1. The fraction of sp³-hybridized carbons (Fsp3) is 0.385. The van der Waals surface area contributed by atoms with Gasteiger partial charge in [0.2, 0.25) is 5.89 Å². The highest BCUT2D eigenvalue weighted by molar-refractivity contribution is 6.35. The minimum absolute atomic E-state index is 0.0313. The van der Waals surface area contributed by atoms with Crippen LogP contribution >= 0.6 is 23.2 Å². The molecule has 1 aromatic carbocycles. The van der Waals surface area contributed by atoms with Gasteiger partial charge in [-0.1, -0.05) is 34.4 Å². The van der Waals surface area contributed by atoms with Crippen LogP contribution in [0.5, 0.6) is 0 Å². The van der Waals surface area contributed by atoms with Gasteiger partial charge in [0.05, 0.1) is 6.04 Å². The van der Waals surface area contributed by atoms with Gasteiger partial charge in [0, 0.05) is 16.6 Å². The third-order valence-electron chi connectivity index (χ3n) is 2.93. The van der Waals surface area contributed by atoms with Crippen LogP contribution in [-0.2, 0) is 6.42 Å². The molecule has 20 heavy (non-hydrogen) atoms. The van der Waals surface area contributed by atoms with Crippen LogP contribution in [0.2, 0.25) is 10.0 Å². The van der Waals surface area contributed by atoms with Crippen molar-refractivity contribution >= 4 is 29.2 Å². The molecule has 0 saturated heterocycles. The SMILES string of the molecule is CNC(C)c1nnc(NCCc2ccc(Cl)cc2Cl)o1. The van der Waals surface area contributed by atoms with Gasteiger partial charge in [0.25, 0.3) is 0 Å². The lowest BCUT2D eigenvalue weighted by atomic mass is 10.1. The molecule has 2 aromatic rings. The normalized spacial score (nSPS) is 12.4. The Morgan fingerprint density at radius 2 is 2.10 bits per heavy atom. The predicted octanol–water partition coefficient (Wildman–Crippen LogP) is 3.31. The van der Waals surface area contributed by atoms with E-state index >= 15 is 0 Å². The van der Waals surface area contributed by atoms with Crippen molar-refractivity contribution in [2.24, 2.45) is 0 Å². The van der Waals surface area contributed by atoms with Gasteiger partial charge >= 0.3 is 6.01 Å². The molecule has 108 valence electrons. The summed E-state index contributed by atoms with van der Waals surface area (Å²) in [4.78, 5) is 0.